The van der Waals surface area contributed by atoms with Crippen molar-refractivity contribution in [3.05, 3.63) is 11.7 Å². The van der Waals surface area contributed by atoms with Gasteiger partial charge in [0.15, 0.2) is 5.82 Å². The highest BCUT2D eigenvalue weighted by atomic mass is 16.5. The summed E-state index contributed by atoms with van der Waals surface area (Å²) < 4.78 is 4.88. The van der Waals surface area contributed by atoms with Gasteiger partial charge in [-0.1, -0.05) is 5.16 Å². The number of rotatable bonds is 4. The van der Waals surface area contributed by atoms with Gasteiger partial charge < -0.3 is 19.6 Å². The molecule has 0 saturated carbocycles. The zero-order valence-corrected chi connectivity index (χ0v) is 10.4. The van der Waals surface area contributed by atoms with Crippen LogP contribution >= 0.6 is 0 Å². The maximum Gasteiger partial charge on any atom is 0.326 e. The summed E-state index contributed by atoms with van der Waals surface area (Å²) in [7, 11) is 0. The van der Waals surface area contributed by atoms with Crippen LogP contribution in [0.5, 0.6) is 0 Å². The number of carbonyl (C=O) groups is 2. The van der Waals surface area contributed by atoms with Gasteiger partial charge in [-0.15, -0.1) is 0 Å². The van der Waals surface area contributed by atoms with Gasteiger partial charge in [0.1, 0.15) is 6.04 Å². The number of hydrogen-bond acceptors (Lipinski definition) is 6. The van der Waals surface area contributed by atoms with E-state index in [9.17, 15) is 14.7 Å². The summed E-state index contributed by atoms with van der Waals surface area (Å²) in [6.07, 6.45) is -0.368. The summed E-state index contributed by atoms with van der Waals surface area (Å²) in [6, 6.07) is -0.952. The molecule has 0 spiro atoms. The molecular formula is C11H15N3O5. The van der Waals surface area contributed by atoms with E-state index in [1.54, 1.807) is 6.92 Å². The van der Waals surface area contributed by atoms with Gasteiger partial charge in [0.05, 0.1) is 6.10 Å². The Kier molecular flexibility index (Phi) is 3.79. The number of hydrogen-bond donors (Lipinski definition) is 2. The van der Waals surface area contributed by atoms with Crippen LogP contribution in [-0.2, 0) is 16.0 Å². The lowest BCUT2D eigenvalue weighted by Crippen LogP contribution is -2.40. The van der Waals surface area contributed by atoms with Crippen LogP contribution in [0.4, 0.5) is 0 Å². The molecule has 0 aliphatic carbocycles. The predicted molar refractivity (Wildman–Crippen MR) is 61.1 cm³/mol. The summed E-state index contributed by atoms with van der Waals surface area (Å²) in [5.74, 6) is -0.599. The topological polar surface area (TPSA) is 117 Å². The van der Waals surface area contributed by atoms with Crippen LogP contribution in [0, 0.1) is 6.92 Å². The average Bonchev–Trinajstić information content (AvgIpc) is 2.92. The Morgan fingerprint density at radius 2 is 2.26 bits per heavy atom. The van der Waals surface area contributed by atoms with Crippen molar-refractivity contribution in [2.45, 2.75) is 38.3 Å². The highest BCUT2D eigenvalue weighted by molar-refractivity contribution is 5.84. The lowest BCUT2D eigenvalue weighted by molar-refractivity contribution is -0.148. The molecule has 2 atom stereocenters. The van der Waals surface area contributed by atoms with E-state index >= 15 is 0 Å². The molecule has 1 fully saturated rings. The molecule has 104 valence electrons. The number of β-amino-alcohol motifs (C(OH)–C–C–N with tert-alkyl or cyclic N) is 1. The molecule has 2 rings (SSSR count). The predicted octanol–water partition coefficient (Wildman–Crippen LogP) is -0.643. The highest BCUT2D eigenvalue weighted by Gasteiger charge is 2.38. The summed E-state index contributed by atoms with van der Waals surface area (Å²) in [5, 5.41) is 22.1. The van der Waals surface area contributed by atoms with Crippen molar-refractivity contribution in [2.24, 2.45) is 0 Å². The van der Waals surface area contributed by atoms with Crippen LogP contribution in [0.2, 0.25) is 0 Å². The van der Waals surface area contributed by atoms with E-state index in [-0.39, 0.29) is 31.7 Å². The first-order chi connectivity index (χ1) is 8.97. The maximum absolute atomic E-state index is 11.9. The third-order valence-corrected chi connectivity index (χ3v) is 3.01. The van der Waals surface area contributed by atoms with Crippen LogP contribution < -0.4 is 0 Å². The molecule has 1 aromatic rings. The first-order valence-corrected chi connectivity index (χ1v) is 5.97. The molecule has 1 aliphatic rings. The van der Waals surface area contributed by atoms with Gasteiger partial charge in [0, 0.05) is 25.8 Å². The third-order valence-electron chi connectivity index (χ3n) is 3.01. The minimum Gasteiger partial charge on any atom is -0.480 e. The molecule has 8 heteroatoms. The number of carboxylic acid groups (broad SMARTS) is 1. The Hall–Kier alpha value is -1.96. The number of likely N-dealkylation sites (tertiary alicyclic amines) is 1. The Labute approximate surface area is 109 Å². The standard InChI is InChI=1S/C11H15N3O5/c1-6-12-9(19-13-6)2-3-10(16)14-5-7(15)4-8(14)11(17)18/h7-8,15H,2-5H2,1H3,(H,17,18)/t7-,8-/m1/s1. The summed E-state index contributed by atoms with van der Waals surface area (Å²) in [4.78, 5) is 28.1. The number of nitrogens with zero attached hydrogens (tertiary/aromatic N) is 3. The number of aryl methyl sites for hydroxylation is 2. The summed E-state index contributed by atoms with van der Waals surface area (Å²) in [6.45, 7) is 1.73. The largest absolute Gasteiger partial charge is 0.480 e. The number of aliphatic carboxylic acids is 1. The molecule has 2 N–H and O–H groups in total. The highest BCUT2D eigenvalue weighted by Crippen LogP contribution is 2.19. The average molecular weight is 269 g/mol. The molecule has 0 bridgehead atoms. The number of amides is 1. The molecule has 1 aliphatic heterocycles. The minimum atomic E-state index is -1.10. The van der Waals surface area contributed by atoms with Crippen molar-refractivity contribution in [1.29, 1.82) is 0 Å². The molecule has 0 radical (unpaired) electrons. The second kappa shape index (κ2) is 5.35. The van der Waals surface area contributed by atoms with Crippen molar-refractivity contribution in [3.63, 3.8) is 0 Å². The number of aliphatic hydroxyl groups excluding tert-OH is 1. The van der Waals surface area contributed by atoms with Crippen LogP contribution in [0.3, 0.4) is 0 Å². The van der Waals surface area contributed by atoms with Crippen LogP contribution in [0.1, 0.15) is 24.6 Å². The minimum absolute atomic E-state index is 0.0542. The second-order valence-corrected chi connectivity index (χ2v) is 4.52. The fourth-order valence-corrected chi connectivity index (χ4v) is 2.12. The van der Waals surface area contributed by atoms with Gasteiger partial charge in [-0.25, -0.2) is 4.79 Å². The van der Waals surface area contributed by atoms with Gasteiger partial charge in [-0.2, -0.15) is 4.98 Å². The van der Waals surface area contributed by atoms with E-state index in [1.165, 1.54) is 4.90 Å². The third kappa shape index (κ3) is 3.08. The van der Waals surface area contributed by atoms with Gasteiger partial charge >= 0.3 is 5.97 Å². The monoisotopic (exact) mass is 269 g/mol. The lowest BCUT2D eigenvalue weighted by atomic mass is 10.2. The van der Waals surface area contributed by atoms with E-state index < -0.39 is 18.1 Å². The molecule has 1 aromatic heterocycles. The number of carboxylic acids is 1. The Morgan fingerprint density at radius 3 is 2.84 bits per heavy atom. The zero-order chi connectivity index (χ0) is 14.0. The quantitative estimate of drug-likeness (QED) is 0.746. The van der Waals surface area contributed by atoms with Crippen LogP contribution in [-0.4, -0.2) is 55.8 Å². The van der Waals surface area contributed by atoms with Gasteiger partial charge in [-0.05, 0) is 6.92 Å². The van der Waals surface area contributed by atoms with Gasteiger partial charge in [0.25, 0.3) is 0 Å². The van der Waals surface area contributed by atoms with Crippen molar-refractivity contribution < 1.29 is 24.3 Å². The Morgan fingerprint density at radius 1 is 1.53 bits per heavy atom. The van der Waals surface area contributed by atoms with E-state index in [4.69, 9.17) is 9.63 Å². The Bertz CT molecular complexity index is 486. The molecule has 19 heavy (non-hydrogen) atoms. The number of aromatic nitrogens is 2. The van der Waals surface area contributed by atoms with Gasteiger partial charge in [0.2, 0.25) is 11.8 Å². The van der Waals surface area contributed by atoms with Crippen LogP contribution in [0.25, 0.3) is 0 Å². The fourth-order valence-electron chi connectivity index (χ4n) is 2.12. The van der Waals surface area contributed by atoms with Crippen molar-refractivity contribution in [2.75, 3.05) is 6.54 Å². The SMILES string of the molecule is Cc1noc(CCC(=O)N2C[C@H](O)C[C@@H]2C(=O)O)n1. The lowest BCUT2D eigenvalue weighted by Gasteiger charge is -2.20. The maximum atomic E-state index is 11.9. The normalized spacial score (nSPS) is 22.7. The first-order valence-electron chi connectivity index (χ1n) is 5.97. The van der Waals surface area contributed by atoms with Crippen LogP contribution in [0.15, 0.2) is 4.52 Å². The van der Waals surface area contributed by atoms with Gasteiger partial charge in [-0.3, -0.25) is 4.79 Å². The zero-order valence-electron chi connectivity index (χ0n) is 10.4. The summed E-state index contributed by atoms with van der Waals surface area (Å²) >= 11 is 0. The number of carbonyl (C=O) groups excluding carboxylic acids is 1. The van der Waals surface area contributed by atoms with E-state index in [2.05, 4.69) is 10.1 Å². The van der Waals surface area contributed by atoms with Crippen molar-refractivity contribution in [1.82, 2.24) is 15.0 Å². The number of aliphatic hydroxyl groups is 1. The summed E-state index contributed by atoms with van der Waals surface area (Å²) in [5.41, 5.74) is 0. The molecule has 8 nitrogen and oxygen atoms in total. The first kappa shape index (κ1) is 13.5. The molecular weight excluding hydrogens is 254 g/mol. The van der Waals surface area contributed by atoms with E-state index in [0.29, 0.717) is 11.7 Å². The molecule has 0 unspecified atom stereocenters. The molecule has 2 heterocycles. The van der Waals surface area contributed by atoms with E-state index in [1.807, 2.05) is 0 Å². The molecule has 1 amide bonds. The molecule has 0 aromatic carbocycles. The second-order valence-electron chi connectivity index (χ2n) is 4.52. The van der Waals surface area contributed by atoms with Crippen molar-refractivity contribution >= 4 is 11.9 Å². The smallest absolute Gasteiger partial charge is 0.326 e. The van der Waals surface area contributed by atoms with Crippen molar-refractivity contribution in [3.8, 4) is 0 Å². The fraction of sp³-hybridized carbons (Fsp3) is 0.636. The molecule has 1 saturated heterocycles. The van der Waals surface area contributed by atoms with E-state index in [0.717, 1.165) is 0 Å². The Balaban J connectivity index is 1.93.